The van der Waals surface area contributed by atoms with Gasteiger partial charge in [0.15, 0.2) is 6.29 Å². The zero-order chi connectivity index (χ0) is 17.8. The van der Waals surface area contributed by atoms with Gasteiger partial charge in [-0.1, -0.05) is 6.07 Å². The van der Waals surface area contributed by atoms with Gasteiger partial charge in [0.1, 0.15) is 18.2 Å². The first kappa shape index (κ1) is 17.4. The van der Waals surface area contributed by atoms with Crippen molar-refractivity contribution >= 4 is 11.9 Å². The van der Waals surface area contributed by atoms with Crippen molar-refractivity contribution in [2.45, 2.75) is 26.3 Å². The van der Waals surface area contributed by atoms with Crippen LogP contribution < -0.4 is 10.1 Å². The van der Waals surface area contributed by atoms with Crippen molar-refractivity contribution in [1.82, 2.24) is 15.1 Å². The lowest BCUT2D eigenvalue weighted by atomic mass is 9.99. The fourth-order valence-corrected chi connectivity index (χ4v) is 3.05. The highest BCUT2D eigenvalue weighted by Gasteiger charge is 2.19. The molecule has 1 aliphatic rings. The molecule has 0 radical (unpaired) electrons. The standard InChI is InChI=1S/C19H22FN3O2/c1-13(2)23-18(7-9-22-23)15-10-21-8-6-14(15)12-25-19-5-3-4-17(20)16(19)11-24/h3-5,7,9,11,13,21H,6,8,10,12H2,1-2H3. The van der Waals surface area contributed by atoms with Crippen LogP contribution in [-0.4, -0.2) is 35.8 Å². The first-order chi connectivity index (χ1) is 12.1. The van der Waals surface area contributed by atoms with Crippen LogP contribution in [0.3, 0.4) is 0 Å². The van der Waals surface area contributed by atoms with Crippen molar-refractivity contribution < 1.29 is 13.9 Å². The predicted molar refractivity (Wildman–Crippen MR) is 94.3 cm³/mol. The van der Waals surface area contributed by atoms with Crippen LogP contribution in [0.1, 0.15) is 42.4 Å². The van der Waals surface area contributed by atoms with Crippen molar-refractivity contribution in [1.29, 1.82) is 0 Å². The molecule has 2 aromatic rings. The van der Waals surface area contributed by atoms with Gasteiger partial charge in [0, 0.05) is 18.8 Å². The van der Waals surface area contributed by atoms with E-state index in [0.29, 0.717) is 12.9 Å². The number of halogens is 1. The molecule has 3 rings (SSSR count). The van der Waals surface area contributed by atoms with E-state index < -0.39 is 5.82 Å². The first-order valence-electron chi connectivity index (χ1n) is 8.43. The molecule has 1 aliphatic heterocycles. The molecule has 5 nitrogen and oxygen atoms in total. The van der Waals surface area contributed by atoms with Gasteiger partial charge in [-0.3, -0.25) is 9.48 Å². The highest BCUT2D eigenvalue weighted by Crippen LogP contribution is 2.27. The number of aldehydes is 1. The van der Waals surface area contributed by atoms with Gasteiger partial charge in [0.05, 0.1) is 11.3 Å². The average Bonchev–Trinajstić information content (AvgIpc) is 3.10. The Balaban J connectivity index is 1.89. The summed E-state index contributed by atoms with van der Waals surface area (Å²) in [6.45, 7) is 6.10. The van der Waals surface area contributed by atoms with Crippen LogP contribution in [-0.2, 0) is 0 Å². The van der Waals surface area contributed by atoms with Crippen molar-refractivity contribution in [3.8, 4) is 5.75 Å². The zero-order valence-corrected chi connectivity index (χ0v) is 14.5. The maximum atomic E-state index is 13.7. The van der Waals surface area contributed by atoms with Crippen molar-refractivity contribution in [3.63, 3.8) is 0 Å². The molecular formula is C19H22FN3O2. The maximum Gasteiger partial charge on any atom is 0.156 e. The number of hydrogen-bond donors (Lipinski definition) is 1. The highest BCUT2D eigenvalue weighted by atomic mass is 19.1. The zero-order valence-electron chi connectivity index (χ0n) is 14.5. The van der Waals surface area contributed by atoms with Crippen molar-refractivity contribution in [2.24, 2.45) is 0 Å². The fraction of sp³-hybridized carbons (Fsp3) is 0.368. The van der Waals surface area contributed by atoms with Gasteiger partial charge < -0.3 is 10.1 Å². The molecular weight excluding hydrogens is 321 g/mol. The smallest absolute Gasteiger partial charge is 0.156 e. The van der Waals surface area contributed by atoms with Gasteiger partial charge in [0.25, 0.3) is 0 Å². The third kappa shape index (κ3) is 3.64. The monoisotopic (exact) mass is 343 g/mol. The molecule has 0 bridgehead atoms. The summed E-state index contributed by atoms with van der Waals surface area (Å²) in [5.41, 5.74) is 3.32. The molecule has 0 aliphatic carbocycles. The second-order valence-electron chi connectivity index (χ2n) is 6.32. The molecule has 0 spiro atoms. The molecule has 1 aromatic carbocycles. The topological polar surface area (TPSA) is 56.2 Å². The van der Waals surface area contributed by atoms with Crippen LogP contribution in [0.25, 0.3) is 5.57 Å². The molecule has 0 amide bonds. The highest BCUT2D eigenvalue weighted by molar-refractivity contribution is 5.79. The Kier molecular flexibility index (Phi) is 5.28. The lowest BCUT2D eigenvalue weighted by Crippen LogP contribution is -2.27. The Morgan fingerprint density at radius 1 is 1.40 bits per heavy atom. The molecule has 132 valence electrons. The van der Waals surface area contributed by atoms with E-state index in [1.807, 2.05) is 10.7 Å². The lowest BCUT2D eigenvalue weighted by Gasteiger charge is -2.23. The first-order valence-corrected chi connectivity index (χ1v) is 8.43. The van der Waals surface area contributed by atoms with Crippen molar-refractivity contribution in [3.05, 3.63) is 53.1 Å². The molecule has 0 saturated heterocycles. The number of aromatic nitrogens is 2. The quantitative estimate of drug-likeness (QED) is 0.818. The molecule has 6 heteroatoms. The predicted octanol–water partition coefficient (Wildman–Crippen LogP) is 3.24. The number of nitrogens with zero attached hydrogens (tertiary/aromatic N) is 2. The summed E-state index contributed by atoms with van der Waals surface area (Å²) in [4.78, 5) is 11.1. The summed E-state index contributed by atoms with van der Waals surface area (Å²) in [5, 5.41) is 7.78. The summed E-state index contributed by atoms with van der Waals surface area (Å²) < 4.78 is 21.5. The summed E-state index contributed by atoms with van der Waals surface area (Å²) in [6.07, 6.45) is 3.13. The molecule has 2 heterocycles. The van der Waals surface area contributed by atoms with Crippen LogP contribution >= 0.6 is 0 Å². The van der Waals surface area contributed by atoms with E-state index in [2.05, 4.69) is 24.3 Å². The van der Waals surface area contributed by atoms with Crippen LogP contribution in [0.5, 0.6) is 5.75 Å². The number of benzene rings is 1. The molecule has 0 fully saturated rings. The maximum absolute atomic E-state index is 13.7. The summed E-state index contributed by atoms with van der Waals surface area (Å²) in [5.74, 6) is -0.289. The molecule has 0 unspecified atom stereocenters. The number of carbonyl (C=O) groups is 1. The Hall–Kier alpha value is -2.47. The van der Waals surface area contributed by atoms with Crippen LogP contribution in [0, 0.1) is 5.82 Å². The SMILES string of the molecule is CC(C)n1nccc1C1=C(COc2cccc(F)c2C=O)CCNC1. The van der Waals surface area contributed by atoms with Crippen LogP contribution in [0.15, 0.2) is 36.0 Å². The molecule has 0 saturated carbocycles. The second-order valence-corrected chi connectivity index (χ2v) is 6.32. The number of ether oxygens (including phenoxy) is 1. The van der Waals surface area contributed by atoms with Crippen LogP contribution in [0.4, 0.5) is 4.39 Å². The molecule has 1 aromatic heterocycles. The van der Waals surface area contributed by atoms with Crippen LogP contribution in [0.2, 0.25) is 0 Å². The number of nitrogens with one attached hydrogen (secondary N) is 1. The fourth-order valence-electron chi connectivity index (χ4n) is 3.05. The minimum Gasteiger partial charge on any atom is -0.488 e. The second kappa shape index (κ2) is 7.61. The van der Waals surface area contributed by atoms with Gasteiger partial charge in [-0.2, -0.15) is 5.10 Å². The summed E-state index contributed by atoms with van der Waals surface area (Å²) in [6, 6.07) is 6.68. The Morgan fingerprint density at radius 2 is 2.24 bits per heavy atom. The van der Waals surface area contributed by atoms with E-state index in [1.165, 1.54) is 6.07 Å². The van der Waals surface area contributed by atoms with Gasteiger partial charge in [-0.25, -0.2) is 4.39 Å². The number of carbonyl (C=O) groups excluding carboxylic acids is 1. The third-order valence-corrected chi connectivity index (χ3v) is 4.33. The minimum atomic E-state index is -0.565. The third-order valence-electron chi connectivity index (χ3n) is 4.33. The summed E-state index contributed by atoms with van der Waals surface area (Å²) in [7, 11) is 0. The lowest BCUT2D eigenvalue weighted by molar-refractivity contribution is 0.111. The largest absolute Gasteiger partial charge is 0.488 e. The number of hydrogen-bond acceptors (Lipinski definition) is 4. The van der Waals surface area contributed by atoms with E-state index in [0.717, 1.165) is 36.4 Å². The number of rotatable bonds is 6. The Labute approximate surface area is 146 Å². The van der Waals surface area contributed by atoms with Gasteiger partial charge in [0.2, 0.25) is 0 Å². The van der Waals surface area contributed by atoms with E-state index >= 15 is 0 Å². The normalized spacial score (nSPS) is 14.9. The van der Waals surface area contributed by atoms with Gasteiger partial charge >= 0.3 is 0 Å². The van der Waals surface area contributed by atoms with Gasteiger partial charge in [-0.15, -0.1) is 0 Å². The van der Waals surface area contributed by atoms with E-state index in [1.54, 1.807) is 18.3 Å². The van der Waals surface area contributed by atoms with E-state index in [4.69, 9.17) is 4.74 Å². The summed E-state index contributed by atoms with van der Waals surface area (Å²) >= 11 is 0. The van der Waals surface area contributed by atoms with Gasteiger partial charge in [-0.05, 0) is 56.2 Å². The Morgan fingerprint density at radius 3 is 3.00 bits per heavy atom. The molecule has 0 atom stereocenters. The van der Waals surface area contributed by atoms with E-state index in [-0.39, 0.29) is 17.4 Å². The Bertz CT molecular complexity index is 796. The van der Waals surface area contributed by atoms with E-state index in [9.17, 15) is 9.18 Å². The average molecular weight is 343 g/mol. The van der Waals surface area contributed by atoms with Crippen molar-refractivity contribution in [2.75, 3.05) is 19.7 Å². The minimum absolute atomic E-state index is 0.0363. The molecule has 1 N–H and O–H groups in total. The molecule has 25 heavy (non-hydrogen) atoms.